The Morgan fingerprint density at radius 3 is 2.12 bits per heavy atom. The number of carbonyl (C=O) groups excluding carboxylic acids is 1. The van der Waals surface area contributed by atoms with Gasteiger partial charge in [0.05, 0.1) is 0 Å². The van der Waals surface area contributed by atoms with E-state index in [1.807, 2.05) is 42.5 Å². The first kappa shape index (κ1) is 10.0. The molecule has 0 bridgehead atoms. The van der Waals surface area contributed by atoms with Crippen molar-refractivity contribution >= 4 is 27.3 Å². The predicted octanol–water partition coefficient (Wildman–Crippen LogP) is 4.20. The number of hydrogen-bond donors (Lipinski definition) is 0. The van der Waals surface area contributed by atoms with Crippen LogP contribution >= 0.6 is 0 Å². The minimum atomic E-state index is 0.118. The summed E-state index contributed by atoms with van der Waals surface area (Å²) in [5, 5.41) is 4.51. The minimum absolute atomic E-state index is 0.118. The van der Waals surface area contributed by atoms with Crippen molar-refractivity contribution < 1.29 is 4.79 Å². The first-order valence-electron chi connectivity index (χ1n) is 5.69. The van der Waals surface area contributed by atoms with Gasteiger partial charge in [0.25, 0.3) is 0 Å². The highest BCUT2D eigenvalue weighted by Gasteiger charge is 2.08. The molecule has 0 N–H and O–H groups in total. The van der Waals surface area contributed by atoms with Gasteiger partial charge in [-0.25, -0.2) is 0 Å². The molecule has 0 spiro atoms. The van der Waals surface area contributed by atoms with Crippen molar-refractivity contribution in [1.82, 2.24) is 0 Å². The fourth-order valence-corrected chi connectivity index (χ4v) is 2.35. The van der Waals surface area contributed by atoms with E-state index in [1.165, 1.54) is 5.39 Å². The van der Waals surface area contributed by atoms with E-state index in [2.05, 4.69) is 12.1 Å². The zero-order valence-corrected chi connectivity index (χ0v) is 9.60. The highest BCUT2D eigenvalue weighted by Crippen LogP contribution is 2.28. The van der Waals surface area contributed by atoms with Crippen LogP contribution in [0.5, 0.6) is 0 Å². The van der Waals surface area contributed by atoms with Crippen molar-refractivity contribution in [2.24, 2.45) is 0 Å². The fraction of sp³-hybridized carbons (Fsp3) is 0.0625. The lowest BCUT2D eigenvalue weighted by Gasteiger charge is -2.07. The molecule has 0 fully saturated rings. The summed E-state index contributed by atoms with van der Waals surface area (Å²) in [7, 11) is 0. The van der Waals surface area contributed by atoms with Crippen LogP contribution in [-0.2, 0) is 0 Å². The van der Waals surface area contributed by atoms with Gasteiger partial charge in [-0.05, 0) is 34.5 Å². The third-order valence-electron chi connectivity index (χ3n) is 3.15. The van der Waals surface area contributed by atoms with Gasteiger partial charge in [-0.15, -0.1) is 0 Å². The number of rotatable bonds is 1. The molecule has 0 saturated heterocycles. The van der Waals surface area contributed by atoms with Gasteiger partial charge in [0, 0.05) is 5.56 Å². The van der Waals surface area contributed by atoms with E-state index in [-0.39, 0.29) is 5.78 Å². The molecule has 0 radical (unpaired) electrons. The number of Topliss-reactive ketones (excluding diaryl/α,β-unsaturated/α-hetero) is 1. The SMILES string of the molecule is CC(=O)c1cc2ccccc2c2ccccc12. The van der Waals surface area contributed by atoms with E-state index >= 15 is 0 Å². The Kier molecular flexibility index (Phi) is 2.19. The molecule has 0 saturated carbocycles. The second-order valence-electron chi connectivity index (χ2n) is 4.25. The lowest BCUT2D eigenvalue weighted by Crippen LogP contribution is -1.94. The first-order valence-corrected chi connectivity index (χ1v) is 5.69. The third kappa shape index (κ3) is 1.51. The highest BCUT2D eigenvalue weighted by atomic mass is 16.1. The topological polar surface area (TPSA) is 17.1 Å². The van der Waals surface area contributed by atoms with Crippen LogP contribution in [-0.4, -0.2) is 5.78 Å². The lowest BCUT2D eigenvalue weighted by molar-refractivity contribution is 0.101. The van der Waals surface area contributed by atoms with Crippen LogP contribution < -0.4 is 0 Å². The minimum Gasteiger partial charge on any atom is -0.294 e. The Morgan fingerprint density at radius 1 is 0.824 bits per heavy atom. The molecule has 3 aromatic rings. The van der Waals surface area contributed by atoms with E-state index in [0.717, 1.165) is 21.7 Å². The van der Waals surface area contributed by atoms with Gasteiger partial charge < -0.3 is 0 Å². The van der Waals surface area contributed by atoms with Crippen LogP contribution in [0.2, 0.25) is 0 Å². The first-order chi connectivity index (χ1) is 8.27. The standard InChI is InChI=1S/C16H12O/c1-11(17)16-10-12-6-2-3-7-13(12)14-8-4-5-9-15(14)16/h2-10H,1H3. The zero-order valence-electron chi connectivity index (χ0n) is 9.60. The maximum Gasteiger partial charge on any atom is 0.160 e. The summed E-state index contributed by atoms with van der Waals surface area (Å²) in [4.78, 5) is 11.7. The predicted molar refractivity (Wildman–Crippen MR) is 71.5 cm³/mol. The Balaban J connectivity index is 2.59. The van der Waals surface area contributed by atoms with Gasteiger partial charge in [0.1, 0.15) is 0 Å². The van der Waals surface area contributed by atoms with Crippen LogP contribution in [0, 0.1) is 0 Å². The highest BCUT2D eigenvalue weighted by molar-refractivity contribution is 6.17. The molecule has 0 aliphatic carbocycles. The summed E-state index contributed by atoms with van der Waals surface area (Å²) in [6.07, 6.45) is 0. The molecule has 17 heavy (non-hydrogen) atoms. The fourth-order valence-electron chi connectivity index (χ4n) is 2.35. The molecule has 3 rings (SSSR count). The van der Waals surface area contributed by atoms with Gasteiger partial charge in [-0.2, -0.15) is 0 Å². The Hall–Kier alpha value is -2.15. The summed E-state index contributed by atoms with van der Waals surface area (Å²) < 4.78 is 0. The second kappa shape index (κ2) is 3.70. The van der Waals surface area contributed by atoms with E-state index in [0.29, 0.717) is 0 Å². The van der Waals surface area contributed by atoms with Crippen molar-refractivity contribution in [3.05, 3.63) is 60.2 Å². The summed E-state index contributed by atoms with van der Waals surface area (Å²) in [5.41, 5.74) is 0.805. The average molecular weight is 220 g/mol. The van der Waals surface area contributed by atoms with Gasteiger partial charge in [-0.1, -0.05) is 48.5 Å². The summed E-state index contributed by atoms with van der Waals surface area (Å²) in [6.45, 7) is 1.62. The summed E-state index contributed by atoms with van der Waals surface area (Å²) in [6, 6.07) is 18.2. The zero-order chi connectivity index (χ0) is 11.8. The van der Waals surface area contributed by atoms with E-state index < -0.39 is 0 Å². The number of fused-ring (bicyclic) bond motifs is 3. The van der Waals surface area contributed by atoms with Crippen LogP contribution in [0.3, 0.4) is 0 Å². The van der Waals surface area contributed by atoms with Gasteiger partial charge in [0.15, 0.2) is 5.78 Å². The molecule has 0 amide bonds. The molecule has 0 aliphatic rings. The van der Waals surface area contributed by atoms with Crippen LogP contribution in [0.15, 0.2) is 54.6 Å². The molecule has 1 heteroatoms. The molecular formula is C16H12O. The van der Waals surface area contributed by atoms with Gasteiger partial charge in [0.2, 0.25) is 0 Å². The Bertz CT molecular complexity index is 726. The molecule has 82 valence electrons. The summed E-state index contributed by atoms with van der Waals surface area (Å²) >= 11 is 0. The van der Waals surface area contributed by atoms with E-state index in [1.54, 1.807) is 6.92 Å². The number of carbonyl (C=O) groups is 1. The maximum absolute atomic E-state index is 11.7. The Morgan fingerprint density at radius 2 is 1.41 bits per heavy atom. The van der Waals surface area contributed by atoms with Crippen LogP contribution in [0.4, 0.5) is 0 Å². The smallest absolute Gasteiger partial charge is 0.160 e. The summed E-state index contributed by atoms with van der Waals surface area (Å²) in [5.74, 6) is 0.118. The largest absolute Gasteiger partial charge is 0.294 e. The molecule has 3 aromatic carbocycles. The van der Waals surface area contributed by atoms with Crippen molar-refractivity contribution in [2.75, 3.05) is 0 Å². The monoisotopic (exact) mass is 220 g/mol. The van der Waals surface area contributed by atoms with Crippen molar-refractivity contribution in [3.8, 4) is 0 Å². The van der Waals surface area contributed by atoms with Crippen molar-refractivity contribution in [2.45, 2.75) is 6.92 Å². The molecule has 0 atom stereocenters. The Labute approximate surface area is 99.7 Å². The molecule has 0 heterocycles. The van der Waals surface area contributed by atoms with Crippen LogP contribution in [0.1, 0.15) is 17.3 Å². The molecule has 0 aromatic heterocycles. The lowest BCUT2D eigenvalue weighted by atomic mass is 9.96. The number of ketones is 1. The van der Waals surface area contributed by atoms with Gasteiger partial charge in [-0.3, -0.25) is 4.79 Å². The molecule has 1 nitrogen and oxygen atoms in total. The normalized spacial score (nSPS) is 10.9. The molecular weight excluding hydrogens is 208 g/mol. The van der Waals surface area contributed by atoms with Crippen molar-refractivity contribution in [3.63, 3.8) is 0 Å². The van der Waals surface area contributed by atoms with E-state index in [4.69, 9.17) is 0 Å². The second-order valence-corrected chi connectivity index (χ2v) is 4.25. The average Bonchev–Trinajstić information content (AvgIpc) is 2.37. The van der Waals surface area contributed by atoms with Crippen molar-refractivity contribution in [1.29, 1.82) is 0 Å². The quantitative estimate of drug-likeness (QED) is 0.444. The molecule has 0 unspecified atom stereocenters. The van der Waals surface area contributed by atoms with Crippen LogP contribution in [0.25, 0.3) is 21.5 Å². The number of benzene rings is 3. The maximum atomic E-state index is 11.7. The van der Waals surface area contributed by atoms with E-state index in [9.17, 15) is 4.79 Å². The molecule has 0 aliphatic heterocycles. The van der Waals surface area contributed by atoms with Gasteiger partial charge >= 0.3 is 0 Å². The third-order valence-corrected chi connectivity index (χ3v) is 3.15. The number of hydrogen-bond acceptors (Lipinski definition) is 1.